The van der Waals surface area contributed by atoms with Crippen LogP contribution in [0.2, 0.25) is 0 Å². The number of phenols is 1. The third-order valence-corrected chi connectivity index (χ3v) is 5.16. The maximum absolute atomic E-state index is 9.70. The predicted molar refractivity (Wildman–Crippen MR) is 89.1 cm³/mol. The molecule has 0 saturated carbocycles. The fourth-order valence-corrected chi connectivity index (χ4v) is 3.86. The van der Waals surface area contributed by atoms with E-state index in [-0.39, 0.29) is 23.9 Å². The van der Waals surface area contributed by atoms with Crippen LogP contribution in [0, 0.1) is 0 Å². The molecule has 24 heavy (non-hydrogen) atoms. The van der Waals surface area contributed by atoms with Gasteiger partial charge in [-0.2, -0.15) is 0 Å². The summed E-state index contributed by atoms with van der Waals surface area (Å²) < 4.78 is 18.1. The van der Waals surface area contributed by atoms with Crippen LogP contribution in [0.25, 0.3) is 0 Å². The van der Waals surface area contributed by atoms with Gasteiger partial charge in [0.15, 0.2) is 0 Å². The first-order chi connectivity index (χ1) is 11.6. The van der Waals surface area contributed by atoms with Gasteiger partial charge in [-0.05, 0) is 30.2 Å². The number of fused-ring (bicyclic) bond motifs is 6. The first kappa shape index (κ1) is 13.8. The van der Waals surface area contributed by atoms with E-state index in [0.29, 0.717) is 6.61 Å². The zero-order valence-electron chi connectivity index (χ0n) is 13.4. The minimum Gasteiger partial charge on any atom is -0.508 e. The summed E-state index contributed by atoms with van der Waals surface area (Å²) in [6, 6.07) is 9.44. The van der Waals surface area contributed by atoms with Gasteiger partial charge in [-0.25, -0.2) is 0 Å². The van der Waals surface area contributed by atoms with Crippen molar-refractivity contribution in [3.8, 4) is 23.0 Å². The van der Waals surface area contributed by atoms with Crippen LogP contribution in [0.3, 0.4) is 0 Å². The standard InChI is InChI=1S/C20H18O4/c1-10(2)16-6-11-5-14-18(8-17(11)23-16)22-9-15-13-4-3-12(21)7-19(13)24-20(14)15/h3-5,7-8,15-16,20-21H,1,6,9H2,2H3/t15-,16-,20-/m1/s1. The highest BCUT2D eigenvalue weighted by Crippen LogP contribution is 2.53. The van der Waals surface area contributed by atoms with E-state index >= 15 is 0 Å². The van der Waals surface area contributed by atoms with Gasteiger partial charge in [-0.3, -0.25) is 0 Å². The lowest BCUT2D eigenvalue weighted by atomic mass is 9.88. The number of hydrogen-bond donors (Lipinski definition) is 1. The highest BCUT2D eigenvalue weighted by atomic mass is 16.5. The van der Waals surface area contributed by atoms with Gasteiger partial charge in [0.1, 0.15) is 35.2 Å². The van der Waals surface area contributed by atoms with Gasteiger partial charge in [0.2, 0.25) is 0 Å². The molecule has 0 spiro atoms. The summed E-state index contributed by atoms with van der Waals surface area (Å²) in [6.07, 6.45) is 0.807. The van der Waals surface area contributed by atoms with Crippen molar-refractivity contribution in [3.05, 3.63) is 59.2 Å². The first-order valence-electron chi connectivity index (χ1n) is 8.21. The van der Waals surface area contributed by atoms with E-state index in [1.807, 2.05) is 19.1 Å². The van der Waals surface area contributed by atoms with Crippen LogP contribution in [-0.2, 0) is 6.42 Å². The number of hydrogen-bond acceptors (Lipinski definition) is 4. The number of aromatic hydroxyl groups is 1. The predicted octanol–water partition coefficient (Wildman–Crippen LogP) is 3.88. The van der Waals surface area contributed by atoms with Crippen molar-refractivity contribution < 1.29 is 19.3 Å². The summed E-state index contributed by atoms with van der Waals surface area (Å²) in [7, 11) is 0. The molecule has 1 N–H and O–H groups in total. The zero-order valence-corrected chi connectivity index (χ0v) is 13.4. The second-order valence-corrected chi connectivity index (χ2v) is 6.83. The topological polar surface area (TPSA) is 47.9 Å². The van der Waals surface area contributed by atoms with Gasteiger partial charge in [-0.15, -0.1) is 0 Å². The summed E-state index contributed by atoms with van der Waals surface area (Å²) in [5, 5.41) is 9.70. The molecule has 0 amide bonds. The van der Waals surface area contributed by atoms with Crippen molar-refractivity contribution in [3.63, 3.8) is 0 Å². The van der Waals surface area contributed by atoms with Gasteiger partial charge >= 0.3 is 0 Å². The average Bonchev–Trinajstić information content (AvgIpc) is 3.12. The van der Waals surface area contributed by atoms with Crippen molar-refractivity contribution in [1.82, 2.24) is 0 Å². The molecule has 5 rings (SSSR count). The van der Waals surface area contributed by atoms with Crippen LogP contribution in [0.4, 0.5) is 0 Å². The first-order valence-corrected chi connectivity index (χ1v) is 8.21. The lowest BCUT2D eigenvalue weighted by Crippen LogP contribution is -2.23. The smallest absolute Gasteiger partial charge is 0.138 e. The lowest BCUT2D eigenvalue weighted by molar-refractivity contribution is 0.139. The molecule has 2 aromatic carbocycles. The van der Waals surface area contributed by atoms with E-state index in [1.54, 1.807) is 12.1 Å². The number of phenolic OH excluding ortho intramolecular Hbond substituents is 1. The van der Waals surface area contributed by atoms with Gasteiger partial charge < -0.3 is 19.3 Å². The maximum atomic E-state index is 9.70. The van der Waals surface area contributed by atoms with E-state index in [0.717, 1.165) is 40.4 Å². The molecule has 3 heterocycles. The Labute approximate surface area is 140 Å². The van der Waals surface area contributed by atoms with E-state index in [4.69, 9.17) is 14.2 Å². The third-order valence-electron chi connectivity index (χ3n) is 5.16. The molecule has 4 heteroatoms. The van der Waals surface area contributed by atoms with Crippen molar-refractivity contribution in [2.75, 3.05) is 6.61 Å². The van der Waals surface area contributed by atoms with Crippen LogP contribution in [-0.4, -0.2) is 17.8 Å². The highest BCUT2D eigenvalue weighted by Gasteiger charge is 2.42. The largest absolute Gasteiger partial charge is 0.508 e. The SMILES string of the molecule is C=C(C)[C@H]1Cc2cc3c(cc2O1)OC[C@@H]1c2ccc(O)cc2O[C@H]31. The summed E-state index contributed by atoms with van der Waals surface area (Å²) in [6.45, 7) is 6.56. The second-order valence-electron chi connectivity index (χ2n) is 6.83. The lowest BCUT2D eigenvalue weighted by Gasteiger charge is -2.28. The van der Waals surface area contributed by atoms with Crippen molar-refractivity contribution >= 4 is 0 Å². The summed E-state index contributed by atoms with van der Waals surface area (Å²) >= 11 is 0. The molecule has 3 atom stereocenters. The minimum absolute atomic E-state index is 0.0401. The number of ether oxygens (including phenoxy) is 3. The highest BCUT2D eigenvalue weighted by molar-refractivity contribution is 5.55. The molecule has 0 saturated heterocycles. The van der Waals surface area contributed by atoms with Crippen molar-refractivity contribution in [2.24, 2.45) is 0 Å². The average molecular weight is 322 g/mol. The Morgan fingerprint density at radius 2 is 1.96 bits per heavy atom. The summed E-state index contributed by atoms with van der Waals surface area (Å²) in [5.74, 6) is 2.84. The molecule has 2 aromatic rings. The maximum Gasteiger partial charge on any atom is 0.138 e. The quantitative estimate of drug-likeness (QED) is 0.810. The minimum atomic E-state index is -0.0697. The van der Waals surface area contributed by atoms with Crippen LogP contribution >= 0.6 is 0 Å². The van der Waals surface area contributed by atoms with Gasteiger partial charge in [-0.1, -0.05) is 12.6 Å². The van der Waals surface area contributed by atoms with E-state index in [9.17, 15) is 5.11 Å². The molecule has 0 aromatic heterocycles. The molecule has 0 fully saturated rings. The van der Waals surface area contributed by atoms with Crippen LogP contribution < -0.4 is 14.2 Å². The normalized spacial score (nSPS) is 25.5. The molecule has 3 aliphatic rings. The Morgan fingerprint density at radius 3 is 2.79 bits per heavy atom. The van der Waals surface area contributed by atoms with Crippen LogP contribution in [0.1, 0.15) is 35.6 Å². The van der Waals surface area contributed by atoms with E-state index < -0.39 is 0 Å². The van der Waals surface area contributed by atoms with Gasteiger partial charge in [0.05, 0.1) is 12.5 Å². The Morgan fingerprint density at radius 1 is 1.08 bits per heavy atom. The van der Waals surface area contributed by atoms with Crippen molar-refractivity contribution in [2.45, 2.75) is 31.5 Å². The monoisotopic (exact) mass is 322 g/mol. The van der Waals surface area contributed by atoms with Crippen LogP contribution in [0.5, 0.6) is 23.0 Å². The van der Waals surface area contributed by atoms with E-state index in [2.05, 4.69) is 12.6 Å². The fourth-order valence-electron chi connectivity index (χ4n) is 3.86. The summed E-state index contributed by atoms with van der Waals surface area (Å²) in [4.78, 5) is 0. The Bertz CT molecular complexity index is 870. The van der Waals surface area contributed by atoms with Crippen LogP contribution in [0.15, 0.2) is 42.5 Å². The zero-order chi connectivity index (χ0) is 16.4. The second kappa shape index (κ2) is 4.69. The van der Waals surface area contributed by atoms with Gasteiger partial charge in [0, 0.05) is 29.7 Å². The molecule has 3 aliphatic heterocycles. The molecule has 0 bridgehead atoms. The molecule has 122 valence electrons. The Balaban J connectivity index is 1.55. The Hall–Kier alpha value is -2.62. The van der Waals surface area contributed by atoms with Gasteiger partial charge in [0.25, 0.3) is 0 Å². The van der Waals surface area contributed by atoms with Crippen molar-refractivity contribution in [1.29, 1.82) is 0 Å². The molecular formula is C20H18O4. The number of benzene rings is 2. The number of rotatable bonds is 1. The third kappa shape index (κ3) is 1.86. The Kier molecular flexibility index (Phi) is 2.70. The molecular weight excluding hydrogens is 304 g/mol. The molecule has 0 radical (unpaired) electrons. The molecule has 0 aliphatic carbocycles. The summed E-state index contributed by atoms with van der Waals surface area (Å²) in [5.41, 5.74) is 4.36. The van der Waals surface area contributed by atoms with E-state index in [1.165, 1.54) is 5.56 Å². The molecule has 0 unspecified atom stereocenters. The molecule has 4 nitrogen and oxygen atoms in total. The fraction of sp³-hybridized carbons (Fsp3) is 0.300.